The smallest absolute Gasteiger partial charge is 0.128 e. The van der Waals surface area contributed by atoms with Gasteiger partial charge in [0.15, 0.2) is 0 Å². The molecule has 0 aromatic carbocycles. The molecule has 0 saturated heterocycles. The predicted molar refractivity (Wildman–Crippen MR) is 67.7 cm³/mol. The first kappa shape index (κ1) is 12.6. The predicted octanol–water partition coefficient (Wildman–Crippen LogP) is 2.25. The van der Waals surface area contributed by atoms with Crippen molar-refractivity contribution in [1.82, 2.24) is 9.55 Å². The van der Waals surface area contributed by atoms with Gasteiger partial charge in [0.25, 0.3) is 0 Å². The van der Waals surface area contributed by atoms with Crippen LogP contribution in [0.5, 0.6) is 0 Å². The van der Waals surface area contributed by atoms with Crippen LogP contribution in [-0.2, 0) is 11.3 Å². The number of aromatic nitrogens is 2. The second kappa shape index (κ2) is 5.19. The van der Waals surface area contributed by atoms with Crippen LogP contribution in [0.4, 0.5) is 0 Å². The molecule has 1 aromatic heterocycles. The molecule has 0 aliphatic heterocycles. The van der Waals surface area contributed by atoms with Crippen molar-refractivity contribution in [3.8, 4) is 0 Å². The number of aryl methyl sites for hydroxylation is 1. The van der Waals surface area contributed by atoms with Gasteiger partial charge >= 0.3 is 0 Å². The third kappa shape index (κ3) is 2.24. The van der Waals surface area contributed by atoms with Gasteiger partial charge in [-0.05, 0) is 19.3 Å². The molecule has 0 bridgehead atoms. The van der Waals surface area contributed by atoms with E-state index in [1.165, 1.54) is 12.8 Å². The van der Waals surface area contributed by atoms with Crippen molar-refractivity contribution in [1.29, 1.82) is 0 Å². The van der Waals surface area contributed by atoms with Crippen molar-refractivity contribution < 1.29 is 4.74 Å². The van der Waals surface area contributed by atoms with Crippen molar-refractivity contribution in [2.24, 2.45) is 5.73 Å². The van der Waals surface area contributed by atoms with Crippen LogP contribution >= 0.6 is 0 Å². The molecule has 4 nitrogen and oxygen atoms in total. The van der Waals surface area contributed by atoms with E-state index in [9.17, 15) is 0 Å². The first-order valence-electron chi connectivity index (χ1n) is 6.55. The van der Waals surface area contributed by atoms with Crippen LogP contribution in [0.1, 0.15) is 50.9 Å². The van der Waals surface area contributed by atoms with Crippen molar-refractivity contribution in [3.05, 3.63) is 18.2 Å². The molecule has 1 aliphatic carbocycles. The average Bonchev–Trinajstić information content (AvgIpc) is 2.97. The van der Waals surface area contributed by atoms with E-state index in [-0.39, 0.29) is 11.6 Å². The molecule has 1 aliphatic rings. The van der Waals surface area contributed by atoms with Gasteiger partial charge in [-0.1, -0.05) is 19.8 Å². The molecule has 4 heteroatoms. The molecule has 1 aromatic rings. The summed E-state index contributed by atoms with van der Waals surface area (Å²) in [6.45, 7) is 3.14. The normalized spacial score (nSPS) is 20.6. The van der Waals surface area contributed by atoms with Gasteiger partial charge in [0.05, 0.1) is 11.6 Å². The monoisotopic (exact) mass is 237 g/mol. The maximum atomic E-state index is 6.41. The van der Waals surface area contributed by atoms with Crippen molar-refractivity contribution in [2.75, 3.05) is 7.11 Å². The van der Waals surface area contributed by atoms with E-state index < -0.39 is 0 Å². The van der Waals surface area contributed by atoms with Crippen LogP contribution in [0, 0.1) is 0 Å². The maximum Gasteiger partial charge on any atom is 0.128 e. The topological polar surface area (TPSA) is 53.1 Å². The lowest BCUT2D eigenvalue weighted by atomic mass is 9.92. The Bertz CT molecular complexity index is 355. The quantitative estimate of drug-likeness (QED) is 0.854. The number of hydrogen-bond donors (Lipinski definition) is 1. The van der Waals surface area contributed by atoms with Crippen molar-refractivity contribution in [2.45, 2.75) is 57.2 Å². The van der Waals surface area contributed by atoms with E-state index in [0.717, 1.165) is 31.6 Å². The van der Waals surface area contributed by atoms with Gasteiger partial charge in [-0.3, -0.25) is 0 Å². The fourth-order valence-electron chi connectivity index (χ4n) is 2.88. The molecule has 2 rings (SSSR count). The van der Waals surface area contributed by atoms with Crippen LogP contribution in [0.3, 0.4) is 0 Å². The minimum atomic E-state index is -0.198. The summed E-state index contributed by atoms with van der Waals surface area (Å²) < 4.78 is 7.90. The zero-order chi connectivity index (χ0) is 12.3. The highest BCUT2D eigenvalue weighted by molar-refractivity contribution is 5.08. The number of nitrogens with two attached hydrogens (primary N) is 1. The molecule has 1 heterocycles. The Labute approximate surface area is 103 Å². The number of ether oxygens (including phenoxy) is 1. The van der Waals surface area contributed by atoms with Crippen LogP contribution in [0.15, 0.2) is 12.4 Å². The first-order chi connectivity index (χ1) is 8.23. The number of methoxy groups -OCH3 is 1. The highest BCUT2D eigenvalue weighted by Gasteiger charge is 2.42. The van der Waals surface area contributed by atoms with E-state index in [1.807, 2.05) is 12.4 Å². The molecule has 1 atom stereocenters. The first-order valence-corrected chi connectivity index (χ1v) is 6.55. The number of rotatable bonds is 5. The standard InChI is InChI=1S/C13H23N3O/c1-3-9-16-10-8-15-12(16)11(14)13(17-2)6-4-5-7-13/h8,10-11H,3-7,9,14H2,1-2H3. The molecule has 1 fully saturated rings. The summed E-state index contributed by atoms with van der Waals surface area (Å²) in [5.41, 5.74) is 6.22. The van der Waals surface area contributed by atoms with Gasteiger partial charge in [-0.25, -0.2) is 4.98 Å². The fraction of sp³-hybridized carbons (Fsp3) is 0.769. The van der Waals surface area contributed by atoms with Gasteiger partial charge < -0.3 is 15.0 Å². The Morgan fingerprint density at radius 1 is 1.53 bits per heavy atom. The Morgan fingerprint density at radius 2 is 2.24 bits per heavy atom. The van der Waals surface area contributed by atoms with Gasteiger partial charge in [0.1, 0.15) is 5.82 Å². The second-order valence-electron chi connectivity index (χ2n) is 4.93. The molecule has 17 heavy (non-hydrogen) atoms. The Morgan fingerprint density at radius 3 is 2.82 bits per heavy atom. The second-order valence-corrected chi connectivity index (χ2v) is 4.93. The number of hydrogen-bond acceptors (Lipinski definition) is 3. The molecule has 1 unspecified atom stereocenters. The molecule has 0 amide bonds. The highest BCUT2D eigenvalue weighted by Crippen LogP contribution is 2.40. The maximum absolute atomic E-state index is 6.41. The van der Waals surface area contributed by atoms with Crippen molar-refractivity contribution >= 4 is 0 Å². The summed E-state index contributed by atoms with van der Waals surface area (Å²) >= 11 is 0. The lowest BCUT2D eigenvalue weighted by Gasteiger charge is -2.33. The average molecular weight is 237 g/mol. The molecule has 1 saturated carbocycles. The third-order valence-electron chi connectivity index (χ3n) is 3.91. The zero-order valence-electron chi connectivity index (χ0n) is 10.9. The minimum Gasteiger partial charge on any atom is -0.376 e. The summed E-state index contributed by atoms with van der Waals surface area (Å²) in [5.74, 6) is 0.968. The molecule has 2 N–H and O–H groups in total. The van der Waals surface area contributed by atoms with E-state index in [0.29, 0.717) is 0 Å². The third-order valence-corrected chi connectivity index (χ3v) is 3.91. The van der Waals surface area contributed by atoms with Gasteiger partial charge in [0, 0.05) is 26.0 Å². The largest absolute Gasteiger partial charge is 0.376 e. The summed E-state index contributed by atoms with van der Waals surface area (Å²) in [6.07, 6.45) is 9.44. The van der Waals surface area contributed by atoms with E-state index >= 15 is 0 Å². The number of imidazole rings is 1. The summed E-state index contributed by atoms with van der Waals surface area (Å²) in [5, 5.41) is 0. The minimum absolute atomic E-state index is 0.114. The zero-order valence-corrected chi connectivity index (χ0v) is 10.9. The van der Waals surface area contributed by atoms with Gasteiger partial charge in [-0.2, -0.15) is 0 Å². The Hall–Kier alpha value is -0.870. The van der Waals surface area contributed by atoms with Crippen LogP contribution in [0.25, 0.3) is 0 Å². The molecule has 0 radical (unpaired) electrons. The molecular formula is C13H23N3O. The van der Waals surface area contributed by atoms with E-state index in [1.54, 1.807) is 7.11 Å². The summed E-state index contributed by atoms with van der Waals surface area (Å²) in [4.78, 5) is 4.43. The van der Waals surface area contributed by atoms with Gasteiger partial charge in [0.2, 0.25) is 0 Å². The van der Waals surface area contributed by atoms with Crippen LogP contribution < -0.4 is 5.73 Å². The molecular weight excluding hydrogens is 214 g/mol. The number of nitrogens with zero attached hydrogens (tertiary/aromatic N) is 2. The molecule has 96 valence electrons. The van der Waals surface area contributed by atoms with E-state index in [2.05, 4.69) is 16.5 Å². The Balaban J connectivity index is 2.22. The summed E-state index contributed by atoms with van der Waals surface area (Å²) in [6, 6.07) is -0.114. The molecule has 0 spiro atoms. The van der Waals surface area contributed by atoms with Gasteiger partial charge in [-0.15, -0.1) is 0 Å². The van der Waals surface area contributed by atoms with E-state index in [4.69, 9.17) is 10.5 Å². The SMILES string of the molecule is CCCn1ccnc1C(N)C1(OC)CCCC1. The highest BCUT2D eigenvalue weighted by atomic mass is 16.5. The van der Waals surface area contributed by atoms with Crippen molar-refractivity contribution in [3.63, 3.8) is 0 Å². The fourth-order valence-corrected chi connectivity index (χ4v) is 2.88. The lowest BCUT2D eigenvalue weighted by molar-refractivity contribution is -0.0292. The van der Waals surface area contributed by atoms with Crippen LogP contribution in [-0.4, -0.2) is 22.3 Å². The lowest BCUT2D eigenvalue weighted by Crippen LogP contribution is -2.42. The van der Waals surface area contributed by atoms with Crippen LogP contribution in [0.2, 0.25) is 0 Å². The summed E-state index contributed by atoms with van der Waals surface area (Å²) in [7, 11) is 1.78. The Kier molecular flexibility index (Phi) is 3.84.